The number of carbonyl (C=O) groups excluding carboxylic acids is 2. The van der Waals surface area contributed by atoms with Gasteiger partial charge in [0.05, 0.1) is 6.61 Å². The van der Waals surface area contributed by atoms with Gasteiger partial charge in [-0.1, -0.05) is 180 Å². The first-order chi connectivity index (χ1) is 29.0. The van der Waals surface area contributed by atoms with Crippen LogP contribution < -0.4 is 0 Å². The average Bonchev–Trinajstić information content (AvgIpc) is 3.21. The third-order valence-electron chi connectivity index (χ3n) is 11.3. The number of carbonyl (C=O) groups is 2. The lowest BCUT2D eigenvalue weighted by atomic mass is 10.00. The van der Waals surface area contributed by atoms with Gasteiger partial charge in [-0.2, -0.15) is 8.42 Å². The molecule has 0 aromatic heterocycles. The summed E-state index contributed by atoms with van der Waals surface area (Å²) >= 11 is 0. The van der Waals surface area contributed by atoms with Gasteiger partial charge in [-0.15, -0.1) is 0 Å². The molecule has 0 radical (unpaired) electrons. The van der Waals surface area contributed by atoms with Gasteiger partial charge in [-0.05, 0) is 38.5 Å². The van der Waals surface area contributed by atoms with Crippen molar-refractivity contribution in [3.8, 4) is 0 Å². The first-order valence-corrected chi connectivity index (χ1v) is 25.9. The van der Waals surface area contributed by atoms with Crippen LogP contribution in [0.1, 0.15) is 219 Å². The van der Waals surface area contributed by atoms with E-state index in [-0.39, 0.29) is 19.4 Å². The summed E-state index contributed by atoms with van der Waals surface area (Å²) in [5.41, 5.74) is 0. The Morgan fingerprint density at radius 2 is 0.950 bits per heavy atom. The minimum absolute atomic E-state index is 0.139. The topological polar surface area (TPSA) is 186 Å². The Morgan fingerprint density at radius 3 is 1.42 bits per heavy atom. The van der Waals surface area contributed by atoms with Crippen LogP contribution in [-0.4, -0.2) is 96.0 Å². The standard InChI is InChI=1S/C47H88O12S/c1-3-5-7-9-11-13-15-17-19-20-22-23-25-27-29-31-33-35-42(48)56-37-40(38-57-47-46(52)45(51)44(50)41(59-47)39-60(53,54)55)58-43(49)36-34-32-30-28-26-24-21-18-16-14-12-10-8-6-4-2/h26,28,40-41,44-47,50-52H,3-25,27,29-39H2,1-2H3,(H,53,54,55)/b28-26+/t40-,41-,44-,45?,46?,47+/m1/s1. The van der Waals surface area contributed by atoms with E-state index in [1.165, 1.54) is 141 Å². The van der Waals surface area contributed by atoms with Crippen molar-refractivity contribution in [2.75, 3.05) is 19.0 Å². The van der Waals surface area contributed by atoms with E-state index >= 15 is 0 Å². The van der Waals surface area contributed by atoms with E-state index in [9.17, 15) is 37.9 Å². The number of unbranched alkanes of at least 4 members (excludes halogenated alkanes) is 27. The third-order valence-corrected chi connectivity index (χ3v) is 12.1. The van der Waals surface area contributed by atoms with Crippen molar-refractivity contribution in [2.45, 2.75) is 256 Å². The smallest absolute Gasteiger partial charge is 0.306 e. The van der Waals surface area contributed by atoms with E-state index < -0.39 is 71.2 Å². The van der Waals surface area contributed by atoms with Gasteiger partial charge in [0.15, 0.2) is 12.4 Å². The molecule has 12 nitrogen and oxygen atoms in total. The summed E-state index contributed by atoms with van der Waals surface area (Å²) in [6.07, 6.45) is 31.1. The zero-order valence-corrected chi connectivity index (χ0v) is 38.6. The average molecular weight is 877 g/mol. The maximum Gasteiger partial charge on any atom is 0.306 e. The molecule has 6 atom stereocenters. The second-order valence-electron chi connectivity index (χ2n) is 17.1. The van der Waals surface area contributed by atoms with E-state index in [4.69, 9.17) is 18.9 Å². The van der Waals surface area contributed by atoms with Gasteiger partial charge < -0.3 is 34.3 Å². The van der Waals surface area contributed by atoms with Gasteiger partial charge in [-0.25, -0.2) is 0 Å². The Bertz CT molecular complexity index is 1170. The first-order valence-electron chi connectivity index (χ1n) is 24.2. The highest BCUT2D eigenvalue weighted by Gasteiger charge is 2.46. The molecule has 0 aliphatic carbocycles. The van der Waals surface area contributed by atoms with Crippen molar-refractivity contribution in [3.05, 3.63) is 12.2 Å². The molecular weight excluding hydrogens is 789 g/mol. The lowest BCUT2D eigenvalue weighted by molar-refractivity contribution is -0.297. The fourth-order valence-corrected chi connectivity index (χ4v) is 8.25. The van der Waals surface area contributed by atoms with E-state index in [0.717, 1.165) is 38.5 Å². The largest absolute Gasteiger partial charge is 0.462 e. The molecule has 1 fully saturated rings. The molecule has 1 aliphatic rings. The number of rotatable bonds is 41. The Morgan fingerprint density at radius 1 is 0.550 bits per heavy atom. The van der Waals surface area contributed by atoms with Crippen LogP contribution in [0.3, 0.4) is 0 Å². The molecule has 1 heterocycles. The fourth-order valence-electron chi connectivity index (χ4n) is 7.56. The van der Waals surface area contributed by atoms with E-state index in [0.29, 0.717) is 12.8 Å². The third kappa shape index (κ3) is 32.1. The number of aliphatic hydroxyl groups is 3. The minimum atomic E-state index is -4.60. The lowest BCUT2D eigenvalue weighted by Gasteiger charge is -2.40. The van der Waals surface area contributed by atoms with Crippen LogP contribution in [0.5, 0.6) is 0 Å². The van der Waals surface area contributed by atoms with Gasteiger partial charge >= 0.3 is 11.9 Å². The van der Waals surface area contributed by atoms with E-state index in [2.05, 4.69) is 26.0 Å². The number of hydrogen-bond donors (Lipinski definition) is 4. The molecule has 354 valence electrons. The Balaban J connectivity index is 2.41. The van der Waals surface area contributed by atoms with Crippen LogP contribution in [0.15, 0.2) is 12.2 Å². The van der Waals surface area contributed by atoms with Gasteiger partial charge in [-0.3, -0.25) is 14.1 Å². The second kappa shape index (κ2) is 37.9. The summed E-state index contributed by atoms with van der Waals surface area (Å²) in [5.74, 6) is -2.00. The molecular formula is C47H88O12S. The maximum atomic E-state index is 12.8. The van der Waals surface area contributed by atoms with Crippen molar-refractivity contribution >= 4 is 22.1 Å². The molecule has 4 N–H and O–H groups in total. The number of aliphatic hydroxyl groups excluding tert-OH is 3. The van der Waals surface area contributed by atoms with Crippen molar-refractivity contribution in [1.29, 1.82) is 0 Å². The van der Waals surface area contributed by atoms with Crippen LogP contribution >= 0.6 is 0 Å². The number of hydrogen-bond acceptors (Lipinski definition) is 11. The molecule has 1 aliphatic heterocycles. The molecule has 0 spiro atoms. The summed E-state index contributed by atoms with van der Waals surface area (Å²) < 4.78 is 54.1. The zero-order valence-electron chi connectivity index (χ0n) is 37.8. The van der Waals surface area contributed by atoms with Crippen LogP contribution in [0.4, 0.5) is 0 Å². The molecule has 2 unspecified atom stereocenters. The van der Waals surface area contributed by atoms with Crippen LogP contribution in [0.25, 0.3) is 0 Å². The summed E-state index contributed by atoms with van der Waals surface area (Å²) in [6, 6.07) is 0. The van der Waals surface area contributed by atoms with Crippen molar-refractivity contribution in [1.82, 2.24) is 0 Å². The van der Waals surface area contributed by atoms with E-state index in [1.807, 2.05) is 0 Å². The highest BCUT2D eigenvalue weighted by atomic mass is 32.2. The zero-order chi connectivity index (χ0) is 44.1. The summed E-state index contributed by atoms with van der Waals surface area (Å²) in [7, 11) is -4.60. The van der Waals surface area contributed by atoms with Gasteiger partial charge in [0.1, 0.15) is 36.8 Å². The van der Waals surface area contributed by atoms with Gasteiger partial charge in [0.2, 0.25) is 0 Å². The van der Waals surface area contributed by atoms with Crippen LogP contribution in [0.2, 0.25) is 0 Å². The second-order valence-corrected chi connectivity index (χ2v) is 18.6. The Kier molecular flexibility index (Phi) is 35.6. The number of allylic oxidation sites excluding steroid dienone is 2. The molecule has 1 saturated heterocycles. The molecule has 1 rings (SSSR count). The van der Waals surface area contributed by atoms with E-state index in [1.54, 1.807) is 0 Å². The normalized spacial score (nSPS) is 20.1. The fraction of sp³-hybridized carbons (Fsp3) is 0.915. The van der Waals surface area contributed by atoms with Crippen LogP contribution in [0, 0.1) is 0 Å². The highest BCUT2D eigenvalue weighted by molar-refractivity contribution is 7.85. The number of esters is 2. The van der Waals surface area contributed by atoms with Crippen molar-refractivity contribution < 1.29 is 56.8 Å². The quantitative estimate of drug-likeness (QED) is 0.0197. The van der Waals surface area contributed by atoms with Crippen LogP contribution in [-0.2, 0) is 38.7 Å². The summed E-state index contributed by atoms with van der Waals surface area (Å²) in [5, 5.41) is 30.9. The summed E-state index contributed by atoms with van der Waals surface area (Å²) in [4.78, 5) is 25.4. The van der Waals surface area contributed by atoms with Gasteiger partial charge in [0.25, 0.3) is 10.1 Å². The van der Waals surface area contributed by atoms with Crippen molar-refractivity contribution in [2.24, 2.45) is 0 Å². The molecule has 13 heteroatoms. The Hall–Kier alpha value is -1.61. The van der Waals surface area contributed by atoms with Crippen molar-refractivity contribution in [3.63, 3.8) is 0 Å². The molecule has 0 bridgehead atoms. The maximum absolute atomic E-state index is 12.8. The highest BCUT2D eigenvalue weighted by Crippen LogP contribution is 2.24. The molecule has 0 aromatic carbocycles. The Labute approximate surface area is 365 Å². The minimum Gasteiger partial charge on any atom is -0.462 e. The summed E-state index contributed by atoms with van der Waals surface area (Å²) in [6.45, 7) is 3.77. The monoisotopic (exact) mass is 877 g/mol. The lowest BCUT2D eigenvalue weighted by Crippen LogP contribution is -2.60. The molecule has 60 heavy (non-hydrogen) atoms. The predicted molar refractivity (Wildman–Crippen MR) is 238 cm³/mol. The molecule has 0 aromatic rings. The molecule has 0 amide bonds. The number of ether oxygens (including phenoxy) is 4. The SMILES string of the molecule is CCCCCCCCCCC/C=C/CCCCC(=O)O[C@H](COC(=O)CCCCCCCCCCCCCCCCCCC)CO[C@H]1O[C@H](CS(=O)(=O)O)[C@@H](O)C(O)C1O. The van der Waals surface area contributed by atoms with Gasteiger partial charge in [0, 0.05) is 12.8 Å². The molecule has 0 saturated carbocycles. The predicted octanol–water partition coefficient (Wildman–Crippen LogP) is 10.2. The first kappa shape index (κ1) is 56.4.